The second-order valence-electron chi connectivity index (χ2n) is 5.33. The SMILES string of the molecule is CCC1(C)C(=O)C(CC)(CC)C1N(C)C. The highest BCUT2D eigenvalue weighted by molar-refractivity contribution is 5.98. The van der Waals surface area contributed by atoms with Gasteiger partial charge in [0.15, 0.2) is 0 Å². The minimum Gasteiger partial charge on any atom is -0.304 e. The molecule has 1 fully saturated rings. The Morgan fingerprint density at radius 1 is 1.13 bits per heavy atom. The van der Waals surface area contributed by atoms with Gasteiger partial charge in [0, 0.05) is 16.9 Å². The van der Waals surface area contributed by atoms with Gasteiger partial charge in [-0.15, -0.1) is 0 Å². The first-order valence-corrected chi connectivity index (χ1v) is 6.12. The van der Waals surface area contributed by atoms with Gasteiger partial charge in [-0.2, -0.15) is 0 Å². The highest BCUT2D eigenvalue weighted by Gasteiger charge is 2.66. The van der Waals surface area contributed by atoms with Crippen LogP contribution in [-0.4, -0.2) is 30.8 Å². The Morgan fingerprint density at radius 3 is 1.87 bits per heavy atom. The number of hydrogen-bond acceptors (Lipinski definition) is 2. The molecule has 2 unspecified atom stereocenters. The maximum absolute atomic E-state index is 12.4. The number of carbonyl (C=O) groups excluding carboxylic acids is 1. The van der Waals surface area contributed by atoms with Crippen molar-refractivity contribution in [2.75, 3.05) is 14.1 Å². The van der Waals surface area contributed by atoms with E-state index in [2.05, 4.69) is 46.7 Å². The van der Waals surface area contributed by atoms with Crippen molar-refractivity contribution in [3.05, 3.63) is 0 Å². The van der Waals surface area contributed by atoms with Crippen molar-refractivity contribution >= 4 is 5.78 Å². The van der Waals surface area contributed by atoms with Crippen molar-refractivity contribution < 1.29 is 4.79 Å². The zero-order valence-electron chi connectivity index (χ0n) is 11.1. The van der Waals surface area contributed by atoms with E-state index < -0.39 is 0 Å². The van der Waals surface area contributed by atoms with Crippen molar-refractivity contribution in [3.8, 4) is 0 Å². The smallest absolute Gasteiger partial charge is 0.148 e. The monoisotopic (exact) mass is 211 g/mol. The molecule has 2 nitrogen and oxygen atoms in total. The van der Waals surface area contributed by atoms with Crippen molar-refractivity contribution in [1.29, 1.82) is 0 Å². The molecule has 0 heterocycles. The van der Waals surface area contributed by atoms with Crippen LogP contribution >= 0.6 is 0 Å². The van der Waals surface area contributed by atoms with Gasteiger partial charge in [-0.05, 0) is 33.4 Å². The molecule has 0 bridgehead atoms. The Balaban J connectivity index is 3.09. The van der Waals surface area contributed by atoms with Crippen LogP contribution in [-0.2, 0) is 4.79 Å². The molecule has 1 aliphatic carbocycles. The topological polar surface area (TPSA) is 20.3 Å². The van der Waals surface area contributed by atoms with Gasteiger partial charge in [0.2, 0.25) is 0 Å². The maximum Gasteiger partial charge on any atom is 0.148 e. The van der Waals surface area contributed by atoms with Gasteiger partial charge in [0.05, 0.1) is 0 Å². The highest BCUT2D eigenvalue weighted by Crippen LogP contribution is 2.58. The lowest BCUT2D eigenvalue weighted by molar-refractivity contribution is -0.177. The summed E-state index contributed by atoms with van der Waals surface area (Å²) in [5.41, 5.74) is -0.191. The summed E-state index contributed by atoms with van der Waals surface area (Å²) in [7, 11) is 4.20. The second-order valence-corrected chi connectivity index (χ2v) is 5.33. The van der Waals surface area contributed by atoms with Crippen LogP contribution < -0.4 is 0 Å². The molecule has 0 spiro atoms. The summed E-state index contributed by atoms with van der Waals surface area (Å²) in [6, 6.07) is 0.414. The van der Waals surface area contributed by atoms with Gasteiger partial charge in [-0.3, -0.25) is 4.79 Å². The Bertz CT molecular complexity index is 255. The molecule has 2 heteroatoms. The van der Waals surface area contributed by atoms with E-state index in [0.717, 1.165) is 19.3 Å². The summed E-state index contributed by atoms with van der Waals surface area (Å²) in [5, 5.41) is 0. The zero-order chi connectivity index (χ0) is 11.9. The maximum atomic E-state index is 12.4. The van der Waals surface area contributed by atoms with Crippen LogP contribution in [0.4, 0.5) is 0 Å². The van der Waals surface area contributed by atoms with E-state index in [1.807, 2.05) is 0 Å². The van der Waals surface area contributed by atoms with E-state index in [0.29, 0.717) is 11.8 Å². The molecule has 2 atom stereocenters. The number of rotatable bonds is 4. The third-order valence-electron chi connectivity index (χ3n) is 4.61. The standard InChI is InChI=1S/C13H25NO/c1-7-12(4)10(14(5)6)13(8-2,9-3)11(12)15/h10H,7-9H2,1-6H3. The van der Waals surface area contributed by atoms with Crippen LogP contribution in [0.5, 0.6) is 0 Å². The summed E-state index contributed by atoms with van der Waals surface area (Å²) in [4.78, 5) is 14.6. The Hall–Kier alpha value is -0.370. The van der Waals surface area contributed by atoms with Gasteiger partial charge >= 0.3 is 0 Å². The van der Waals surface area contributed by atoms with Crippen molar-refractivity contribution in [2.45, 2.75) is 53.0 Å². The van der Waals surface area contributed by atoms with E-state index in [4.69, 9.17) is 0 Å². The summed E-state index contributed by atoms with van der Waals surface area (Å²) < 4.78 is 0. The average molecular weight is 211 g/mol. The first-order valence-electron chi connectivity index (χ1n) is 6.12. The molecule has 0 N–H and O–H groups in total. The molecular formula is C13H25NO. The van der Waals surface area contributed by atoms with Gasteiger partial charge in [0.25, 0.3) is 0 Å². The fourth-order valence-corrected chi connectivity index (χ4v) is 3.72. The number of nitrogens with zero attached hydrogens (tertiary/aromatic N) is 1. The lowest BCUT2D eigenvalue weighted by atomic mass is 9.45. The fourth-order valence-electron chi connectivity index (χ4n) is 3.72. The Morgan fingerprint density at radius 2 is 1.60 bits per heavy atom. The quantitative estimate of drug-likeness (QED) is 0.712. The van der Waals surface area contributed by atoms with Crippen LogP contribution in [0, 0.1) is 10.8 Å². The van der Waals surface area contributed by atoms with Crippen LogP contribution in [0.3, 0.4) is 0 Å². The van der Waals surface area contributed by atoms with E-state index in [9.17, 15) is 4.79 Å². The zero-order valence-corrected chi connectivity index (χ0v) is 11.1. The number of Topliss-reactive ketones (excluding diaryl/α,β-unsaturated/α-hetero) is 1. The van der Waals surface area contributed by atoms with E-state index in [-0.39, 0.29) is 10.8 Å². The molecule has 0 aromatic heterocycles. The van der Waals surface area contributed by atoms with Crippen LogP contribution in [0.25, 0.3) is 0 Å². The third-order valence-corrected chi connectivity index (χ3v) is 4.61. The Labute approximate surface area is 94.0 Å². The molecular weight excluding hydrogens is 186 g/mol. The first-order chi connectivity index (χ1) is 6.90. The molecule has 0 aromatic carbocycles. The van der Waals surface area contributed by atoms with Gasteiger partial charge in [-0.1, -0.05) is 27.7 Å². The van der Waals surface area contributed by atoms with Gasteiger partial charge < -0.3 is 4.90 Å². The summed E-state index contributed by atoms with van der Waals surface area (Å²) >= 11 is 0. The lowest BCUT2D eigenvalue weighted by Crippen LogP contribution is -2.72. The molecule has 1 rings (SSSR count). The van der Waals surface area contributed by atoms with E-state index in [1.165, 1.54) is 0 Å². The molecule has 1 saturated carbocycles. The largest absolute Gasteiger partial charge is 0.304 e. The van der Waals surface area contributed by atoms with Gasteiger partial charge in [0.1, 0.15) is 5.78 Å². The molecule has 88 valence electrons. The predicted octanol–water partition coefficient (Wildman–Crippen LogP) is 2.72. The molecule has 15 heavy (non-hydrogen) atoms. The fraction of sp³-hybridized carbons (Fsp3) is 0.923. The number of ketones is 1. The molecule has 0 amide bonds. The van der Waals surface area contributed by atoms with Crippen LogP contribution in [0.1, 0.15) is 47.0 Å². The third kappa shape index (κ3) is 1.37. The van der Waals surface area contributed by atoms with Gasteiger partial charge in [-0.25, -0.2) is 0 Å². The second kappa shape index (κ2) is 3.89. The van der Waals surface area contributed by atoms with Crippen molar-refractivity contribution in [3.63, 3.8) is 0 Å². The predicted molar refractivity (Wildman–Crippen MR) is 63.9 cm³/mol. The number of carbonyl (C=O) groups is 1. The summed E-state index contributed by atoms with van der Waals surface area (Å²) in [6.45, 7) is 8.55. The van der Waals surface area contributed by atoms with Crippen LogP contribution in [0.2, 0.25) is 0 Å². The average Bonchev–Trinajstić information content (AvgIpc) is 2.23. The van der Waals surface area contributed by atoms with E-state index >= 15 is 0 Å². The minimum absolute atomic E-state index is 0.0751. The number of hydrogen-bond donors (Lipinski definition) is 0. The normalized spacial score (nSPS) is 34.3. The molecule has 0 saturated heterocycles. The summed E-state index contributed by atoms with van der Waals surface area (Å²) in [6.07, 6.45) is 2.90. The van der Waals surface area contributed by atoms with E-state index in [1.54, 1.807) is 0 Å². The molecule has 0 radical (unpaired) electrons. The van der Waals surface area contributed by atoms with Crippen molar-refractivity contribution in [1.82, 2.24) is 4.90 Å². The highest BCUT2D eigenvalue weighted by atomic mass is 16.1. The molecule has 0 aromatic rings. The minimum atomic E-state index is -0.116. The Kier molecular flexibility index (Phi) is 3.30. The molecule has 0 aliphatic heterocycles. The lowest BCUT2D eigenvalue weighted by Gasteiger charge is -2.62. The first kappa shape index (κ1) is 12.7. The summed E-state index contributed by atoms with van der Waals surface area (Å²) in [5.74, 6) is 0.487. The van der Waals surface area contributed by atoms with Crippen LogP contribution in [0.15, 0.2) is 0 Å². The van der Waals surface area contributed by atoms with Crippen molar-refractivity contribution in [2.24, 2.45) is 10.8 Å². The molecule has 1 aliphatic rings.